The van der Waals surface area contributed by atoms with Crippen LogP contribution in [-0.2, 0) is 0 Å². The van der Waals surface area contributed by atoms with Gasteiger partial charge in [-0.05, 0) is 17.7 Å². The van der Waals surface area contributed by atoms with E-state index >= 15 is 0 Å². The van der Waals surface area contributed by atoms with Crippen molar-refractivity contribution in [1.29, 1.82) is 0 Å². The molecule has 1 heterocycles. The first-order valence-corrected chi connectivity index (χ1v) is 4.63. The van der Waals surface area contributed by atoms with Gasteiger partial charge in [-0.1, -0.05) is 23.7 Å². The van der Waals surface area contributed by atoms with Crippen molar-refractivity contribution in [3.63, 3.8) is 0 Å². The van der Waals surface area contributed by atoms with Crippen molar-refractivity contribution >= 4 is 22.9 Å². The van der Waals surface area contributed by atoms with Crippen LogP contribution in [0.3, 0.4) is 0 Å². The number of thiazole rings is 1. The molecule has 1 radical (unpaired) electrons. The lowest BCUT2D eigenvalue weighted by Crippen LogP contribution is -1.70. The topological polar surface area (TPSA) is 12.9 Å². The van der Waals surface area contributed by atoms with E-state index in [0.29, 0.717) is 0 Å². The first-order chi connectivity index (χ1) is 5.86. The number of rotatable bonds is 1. The zero-order valence-electron chi connectivity index (χ0n) is 6.12. The highest BCUT2D eigenvalue weighted by Gasteiger charge is 1.98. The van der Waals surface area contributed by atoms with Gasteiger partial charge in [0.1, 0.15) is 0 Å². The minimum Gasteiger partial charge on any atom is -0.241 e. The summed E-state index contributed by atoms with van der Waals surface area (Å²) < 4.78 is 0. The van der Waals surface area contributed by atoms with E-state index in [2.05, 4.69) is 10.5 Å². The number of hydrogen-bond donors (Lipinski definition) is 0. The van der Waals surface area contributed by atoms with E-state index in [1.807, 2.05) is 24.3 Å². The van der Waals surface area contributed by atoms with Crippen LogP contribution in [0.5, 0.6) is 0 Å². The van der Waals surface area contributed by atoms with Crippen molar-refractivity contribution in [1.82, 2.24) is 4.98 Å². The normalized spacial score (nSPS) is 10.1. The molecule has 0 aliphatic rings. The van der Waals surface area contributed by atoms with Crippen molar-refractivity contribution in [3.05, 3.63) is 41.0 Å². The van der Waals surface area contributed by atoms with Crippen LogP contribution >= 0.6 is 22.9 Å². The predicted molar refractivity (Wildman–Crippen MR) is 51.4 cm³/mol. The van der Waals surface area contributed by atoms with E-state index in [-0.39, 0.29) is 0 Å². The summed E-state index contributed by atoms with van der Waals surface area (Å²) in [4.78, 5) is 4.97. The van der Waals surface area contributed by atoms with Crippen molar-refractivity contribution in [2.75, 3.05) is 0 Å². The molecule has 2 rings (SSSR count). The highest BCUT2D eigenvalue weighted by atomic mass is 35.5. The third-order valence-corrected chi connectivity index (χ3v) is 2.49. The van der Waals surface area contributed by atoms with Crippen molar-refractivity contribution in [2.45, 2.75) is 0 Å². The average Bonchev–Trinajstić information content (AvgIpc) is 2.56. The highest BCUT2D eigenvalue weighted by Crippen LogP contribution is 2.24. The molecule has 1 aromatic heterocycles. The molecule has 0 atom stereocenters. The van der Waals surface area contributed by atoms with Gasteiger partial charge in [0, 0.05) is 11.2 Å². The zero-order valence-corrected chi connectivity index (χ0v) is 7.69. The van der Waals surface area contributed by atoms with Gasteiger partial charge in [0.05, 0.1) is 4.88 Å². The van der Waals surface area contributed by atoms with Crippen LogP contribution in [0.15, 0.2) is 30.5 Å². The lowest BCUT2D eigenvalue weighted by Gasteiger charge is -1.95. The second-order valence-corrected chi connectivity index (χ2v) is 3.59. The standard InChI is InChI=1S/C9H5ClNS/c10-8-3-1-2-7(4-8)9-5-11-6-12-9/h1-5H. The fourth-order valence-electron chi connectivity index (χ4n) is 0.962. The lowest BCUT2D eigenvalue weighted by atomic mass is 10.2. The first kappa shape index (κ1) is 7.77. The third kappa shape index (κ3) is 1.49. The van der Waals surface area contributed by atoms with E-state index in [0.717, 1.165) is 15.5 Å². The number of aromatic nitrogens is 1. The molecule has 0 spiro atoms. The van der Waals surface area contributed by atoms with Gasteiger partial charge >= 0.3 is 0 Å². The largest absolute Gasteiger partial charge is 0.241 e. The monoisotopic (exact) mass is 194 g/mol. The Hall–Kier alpha value is -0.860. The summed E-state index contributed by atoms with van der Waals surface area (Å²) in [6.07, 6.45) is 1.79. The van der Waals surface area contributed by atoms with Gasteiger partial charge in [0.25, 0.3) is 0 Å². The summed E-state index contributed by atoms with van der Waals surface area (Å²) in [6, 6.07) is 7.71. The molecule has 0 fully saturated rings. The van der Waals surface area contributed by atoms with Crippen LogP contribution in [0.1, 0.15) is 0 Å². The van der Waals surface area contributed by atoms with E-state index in [1.54, 1.807) is 6.20 Å². The van der Waals surface area contributed by atoms with Crippen LogP contribution < -0.4 is 0 Å². The Kier molecular flexibility index (Phi) is 2.11. The molecule has 0 aliphatic heterocycles. The summed E-state index contributed by atoms with van der Waals surface area (Å²) in [7, 11) is 0. The van der Waals surface area contributed by atoms with Gasteiger partial charge in [-0.15, -0.1) is 11.3 Å². The molecule has 0 aliphatic carbocycles. The Morgan fingerprint density at radius 3 is 3.00 bits per heavy atom. The van der Waals surface area contributed by atoms with Gasteiger partial charge in [-0.25, -0.2) is 4.98 Å². The fourth-order valence-corrected chi connectivity index (χ4v) is 1.71. The Labute approximate surface area is 79.7 Å². The maximum absolute atomic E-state index is 5.84. The van der Waals surface area contributed by atoms with Crippen LogP contribution in [-0.4, -0.2) is 4.98 Å². The summed E-state index contributed by atoms with van der Waals surface area (Å²) in [5.41, 5.74) is 3.89. The Morgan fingerprint density at radius 2 is 2.33 bits per heavy atom. The van der Waals surface area contributed by atoms with Gasteiger partial charge < -0.3 is 0 Å². The maximum atomic E-state index is 5.84. The number of nitrogens with zero attached hydrogens (tertiary/aromatic N) is 1. The fraction of sp³-hybridized carbons (Fsp3) is 0. The minimum absolute atomic E-state index is 0.751. The number of hydrogen-bond acceptors (Lipinski definition) is 2. The molecule has 0 amide bonds. The Balaban J connectivity index is 2.48. The molecular weight excluding hydrogens is 190 g/mol. The van der Waals surface area contributed by atoms with Crippen molar-refractivity contribution in [3.8, 4) is 10.4 Å². The summed E-state index contributed by atoms with van der Waals surface area (Å²) >= 11 is 7.33. The molecule has 0 N–H and O–H groups in total. The second-order valence-electron chi connectivity index (χ2n) is 2.33. The molecule has 59 valence electrons. The number of benzene rings is 1. The van der Waals surface area contributed by atoms with Gasteiger partial charge in [0.2, 0.25) is 0 Å². The molecule has 3 heteroatoms. The van der Waals surface area contributed by atoms with Crippen LogP contribution in [0.2, 0.25) is 5.02 Å². The van der Waals surface area contributed by atoms with E-state index in [9.17, 15) is 0 Å². The molecule has 1 nitrogen and oxygen atoms in total. The number of halogens is 1. The van der Waals surface area contributed by atoms with Crippen molar-refractivity contribution in [2.24, 2.45) is 0 Å². The maximum Gasteiger partial charge on any atom is 0.152 e. The smallest absolute Gasteiger partial charge is 0.152 e. The van der Waals surface area contributed by atoms with Gasteiger partial charge in [-0.3, -0.25) is 0 Å². The molecule has 1 aromatic carbocycles. The quantitative estimate of drug-likeness (QED) is 0.679. The summed E-state index contributed by atoms with van der Waals surface area (Å²) in [5.74, 6) is 0. The lowest BCUT2D eigenvalue weighted by molar-refractivity contribution is 1.41. The Morgan fingerprint density at radius 1 is 1.42 bits per heavy atom. The average molecular weight is 195 g/mol. The molecule has 0 bridgehead atoms. The molecule has 0 unspecified atom stereocenters. The van der Waals surface area contributed by atoms with E-state index < -0.39 is 0 Å². The summed E-state index contributed by atoms with van der Waals surface area (Å²) in [5, 5.41) is 0.751. The van der Waals surface area contributed by atoms with Crippen LogP contribution in [0, 0.1) is 5.51 Å². The van der Waals surface area contributed by atoms with Crippen molar-refractivity contribution < 1.29 is 0 Å². The third-order valence-electron chi connectivity index (χ3n) is 1.50. The molecule has 2 aromatic rings. The van der Waals surface area contributed by atoms with E-state index in [4.69, 9.17) is 11.6 Å². The van der Waals surface area contributed by atoms with Crippen LogP contribution in [0.4, 0.5) is 0 Å². The SMILES string of the molecule is Clc1cccc(-c2cn[c]s2)c1. The minimum atomic E-state index is 0.751. The second kappa shape index (κ2) is 3.25. The zero-order chi connectivity index (χ0) is 8.39. The Bertz CT molecular complexity index is 370. The van der Waals surface area contributed by atoms with Gasteiger partial charge in [0.15, 0.2) is 5.51 Å². The molecule has 12 heavy (non-hydrogen) atoms. The summed E-state index contributed by atoms with van der Waals surface area (Å²) in [6.45, 7) is 0. The predicted octanol–water partition coefficient (Wildman–Crippen LogP) is 3.26. The molecular formula is C9H5ClNS. The van der Waals surface area contributed by atoms with Crippen LogP contribution in [0.25, 0.3) is 10.4 Å². The van der Waals surface area contributed by atoms with Gasteiger partial charge in [-0.2, -0.15) is 0 Å². The van der Waals surface area contributed by atoms with E-state index in [1.165, 1.54) is 11.3 Å². The molecule has 0 saturated carbocycles. The first-order valence-electron chi connectivity index (χ1n) is 3.44. The highest BCUT2D eigenvalue weighted by molar-refractivity contribution is 7.12. The molecule has 0 saturated heterocycles.